The van der Waals surface area contributed by atoms with Crippen molar-refractivity contribution in [2.24, 2.45) is 0 Å². The van der Waals surface area contributed by atoms with E-state index < -0.39 is 10.0 Å². The maximum atomic E-state index is 12.5. The number of carbonyl (C=O) groups is 1. The molecule has 0 aromatic heterocycles. The summed E-state index contributed by atoms with van der Waals surface area (Å²) >= 11 is 2.23. The van der Waals surface area contributed by atoms with Crippen LogP contribution in [0.2, 0.25) is 0 Å². The Kier molecular flexibility index (Phi) is 6.54. The van der Waals surface area contributed by atoms with Crippen LogP contribution < -0.4 is 5.32 Å². The maximum absolute atomic E-state index is 12.5. The number of anilines is 1. The molecule has 1 aliphatic heterocycles. The van der Waals surface area contributed by atoms with E-state index in [1.807, 2.05) is 25.1 Å². The lowest BCUT2D eigenvalue weighted by molar-refractivity contribution is 0.102. The lowest BCUT2D eigenvalue weighted by Gasteiger charge is -2.25. The van der Waals surface area contributed by atoms with Crippen LogP contribution in [0, 0.1) is 10.5 Å². The Hall–Kier alpha value is -1.45. The molecule has 7 heteroatoms. The quantitative estimate of drug-likeness (QED) is 0.630. The first-order valence-corrected chi connectivity index (χ1v) is 11.7. The van der Waals surface area contributed by atoms with Gasteiger partial charge in [-0.25, -0.2) is 12.7 Å². The SMILES string of the molecule is Cc1cc(I)ccc1NC(=O)c1ccc(CS(=O)(=O)N2CCCCC2)cc1. The zero-order chi connectivity index (χ0) is 19.4. The summed E-state index contributed by atoms with van der Waals surface area (Å²) in [5.74, 6) is -0.227. The summed E-state index contributed by atoms with van der Waals surface area (Å²) in [5, 5.41) is 2.90. The Morgan fingerprint density at radius 1 is 1.07 bits per heavy atom. The van der Waals surface area contributed by atoms with Crippen molar-refractivity contribution in [3.05, 3.63) is 62.7 Å². The second-order valence-corrected chi connectivity index (χ2v) is 10.0. The fraction of sp³-hybridized carbons (Fsp3) is 0.350. The Bertz CT molecular complexity index is 921. The molecule has 2 aromatic carbocycles. The van der Waals surface area contributed by atoms with Crippen molar-refractivity contribution >= 4 is 44.2 Å². The highest BCUT2D eigenvalue weighted by atomic mass is 127. The van der Waals surface area contributed by atoms with Crippen LogP contribution >= 0.6 is 22.6 Å². The van der Waals surface area contributed by atoms with Crippen LogP contribution in [0.3, 0.4) is 0 Å². The molecule has 0 spiro atoms. The van der Waals surface area contributed by atoms with Crippen molar-refractivity contribution in [1.82, 2.24) is 4.31 Å². The number of aryl methyl sites for hydroxylation is 1. The molecule has 144 valence electrons. The van der Waals surface area contributed by atoms with Gasteiger partial charge in [0.15, 0.2) is 0 Å². The summed E-state index contributed by atoms with van der Waals surface area (Å²) in [6.07, 6.45) is 2.95. The number of amides is 1. The van der Waals surface area contributed by atoms with Gasteiger partial charge >= 0.3 is 0 Å². The second-order valence-electron chi connectivity index (χ2n) is 6.83. The predicted molar refractivity (Wildman–Crippen MR) is 116 cm³/mol. The first-order chi connectivity index (χ1) is 12.8. The number of piperidine rings is 1. The summed E-state index contributed by atoms with van der Waals surface area (Å²) in [6, 6.07) is 12.6. The van der Waals surface area contributed by atoms with Gasteiger partial charge < -0.3 is 5.32 Å². The molecule has 1 heterocycles. The third kappa shape index (κ3) is 5.30. The number of nitrogens with one attached hydrogen (secondary N) is 1. The fourth-order valence-corrected chi connectivity index (χ4v) is 5.42. The van der Waals surface area contributed by atoms with Crippen LogP contribution in [0.15, 0.2) is 42.5 Å². The average Bonchev–Trinajstić information content (AvgIpc) is 2.65. The smallest absolute Gasteiger partial charge is 0.255 e. The third-order valence-corrected chi connectivity index (χ3v) is 7.23. The molecule has 1 fully saturated rings. The monoisotopic (exact) mass is 498 g/mol. The fourth-order valence-electron chi connectivity index (χ4n) is 3.16. The van der Waals surface area contributed by atoms with Crippen molar-refractivity contribution in [2.75, 3.05) is 18.4 Å². The van der Waals surface area contributed by atoms with Crippen LogP contribution in [0.25, 0.3) is 0 Å². The van der Waals surface area contributed by atoms with Gasteiger partial charge in [-0.2, -0.15) is 0 Å². The van der Waals surface area contributed by atoms with Crippen molar-refractivity contribution in [2.45, 2.75) is 31.9 Å². The topological polar surface area (TPSA) is 66.5 Å². The molecule has 1 saturated heterocycles. The largest absolute Gasteiger partial charge is 0.322 e. The lowest BCUT2D eigenvalue weighted by atomic mass is 10.1. The Labute approximate surface area is 174 Å². The van der Waals surface area contributed by atoms with Crippen LogP contribution in [0.5, 0.6) is 0 Å². The van der Waals surface area contributed by atoms with Crippen LogP contribution in [-0.4, -0.2) is 31.7 Å². The highest BCUT2D eigenvalue weighted by Crippen LogP contribution is 2.20. The van der Waals surface area contributed by atoms with Gasteiger partial charge in [0.25, 0.3) is 5.91 Å². The first kappa shape index (κ1) is 20.3. The average molecular weight is 498 g/mol. The molecule has 0 radical (unpaired) electrons. The van der Waals surface area contributed by atoms with E-state index in [1.165, 1.54) is 0 Å². The Balaban J connectivity index is 1.66. The van der Waals surface area contributed by atoms with E-state index in [-0.39, 0.29) is 11.7 Å². The number of benzene rings is 2. The van der Waals surface area contributed by atoms with Gasteiger partial charge in [-0.3, -0.25) is 4.79 Å². The lowest BCUT2D eigenvalue weighted by Crippen LogP contribution is -2.36. The summed E-state index contributed by atoms with van der Waals surface area (Å²) in [6.45, 7) is 3.17. The molecule has 0 bridgehead atoms. The van der Waals surface area contributed by atoms with E-state index in [0.717, 1.165) is 34.1 Å². The van der Waals surface area contributed by atoms with Crippen LogP contribution in [0.4, 0.5) is 5.69 Å². The van der Waals surface area contributed by atoms with Crippen molar-refractivity contribution < 1.29 is 13.2 Å². The number of hydrogen-bond acceptors (Lipinski definition) is 3. The van der Waals surface area contributed by atoms with Gasteiger partial charge in [0, 0.05) is 27.9 Å². The molecule has 27 heavy (non-hydrogen) atoms. The van der Waals surface area contributed by atoms with Gasteiger partial charge in [0.2, 0.25) is 10.0 Å². The highest BCUT2D eigenvalue weighted by molar-refractivity contribution is 14.1. The minimum absolute atomic E-state index is 0.0227. The normalized spacial score (nSPS) is 15.5. The van der Waals surface area contributed by atoms with Crippen LogP contribution in [0.1, 0.15) is 40.7 Å². The molecule has 1 amide bonds. The number of carbonyl (C=O) groups excluding carboxylic acids is 1. The molecule has 1 aliphatic rings. The number of sulfonamides is 1. The van der Waals surface area contributed by atoms with Gasteiger partial charge in [0.05, 0.1) is 5.75 Å². The van der Waals surface area contributed by atoms with Gasteiger partial charge in [-0.15, -0.1) is 0 Å². The van der Waals surface area contributed by atoms with E-state index >= 15 is 0 Å². The summed E-state index contributed by atoms with van der Waals surface area (Å²) in [5.41, 5.74) is 2.98. The van der Waals surface area contributed by atoms with E-state index in [9.17, 15) is 13.2 Å². The number of hydrogen-bond donors (Lipinski definition) is 1. The third-order valence-electron chi connectivity index (χ3n) is 4.71. The molecule has 0 saturated carbocycles. The minimum Gasteiger partial charge on any atom is -0.322 e. The zero-order valence-electron chi connectivity index (χ0n) is 15.2. The summed E-state index contributed by atoms with van der Waals surface area (Å²) in [7, 11) is -3.30. The van der Waals surface area contributed by atoms with Gasteiger partial charge in [0.1, 0.15) is 0 Å². The maximum Gasteiger partial charge on any atom is 0.255 e. The van der Waals surface area contributed by atoms with Gasteiger partial charge in [-0.1, -0.05) is 18.6 Å². The van der Waals surface area contributed by atoms with Crippen molar-refractivity contribution in [3.8, 4) is 0 Å². The molecule has 1 N–H and O–H groups in total. The molecular weight excluding hydrogens is 475 g/mol. The standard InChI is InChI=1S/C20H23IN2O3S/c1-15-13-18(21)9-10-19(15)22-20(24)17-7-5-16(6-8-17)14-27(25,26)23-11-3-2-4-12-23/h5-10,13H,2-4,11-12,14H2,1H3,(H,22,24). The number of rotatable bonds is 5. The minimum atomic E-state index is -3.30. The van der Waals surface area contributed by atoms with E-state index in [1.54, 1.807) is 28.6 Å². The van der Waals surface area contributed by atoms with Crippen molar-refractivity contribution in [1.29, 1.82) is 0 Å². The molecule has 0 aliphatic carbocycles. The number of halogens is 1. The Morgan fingerprint density at radius 3 is 2.37 bits per heavy atom. The van der Waals surface area contributed by atoms with E-state index in [0.29, 0.717) is 24.2 Å². The predicted octanol–water partition coefficient (Wildman–Crippen LogP) is 4.17. The molecule has 3 rings (SSSR count). The van der Waals surface area contributed by atoms with E-state index in [4.69, 9.17) is 0 Å². The van der Waals surface area contributed by atoms with Crippen LogP contribution in [-0.2, 0) is 15.8 Å². The van der Waals surface area contributed by atoms with E-state index in [2.05, 4.69) is 27.9 Å². The molecular formula is C20H23IN2O3S. The van der Waals surface area contributed by atoms with Crippen molar-refractivity contribution in [3.63, 3.8) is 0 Å². The number of nitrogens with zero attached hydrogens (tertiary/aromatic N) is 1. The summed E-state index contributed by atoms with van der Waals surface area (Å²) < 4.78 is 27.7. The van der Waals surface area contributed by atoms with Gasteiger partial charge in [-0.05, 0) is 83.8 Å². The molecule has 0 atom stereocenters. The summed E-state index contributed by atoms with van der Waals surface area (Å²) in [4.78, 5) is 12.5. The molecule has 5 nitrogen and oxygen atoms in total. The molecule has 2 aromatic rings. The first-order valence-electron chi connectivity index (χ1n) is 8.99. The highest BCUT2D eigenvalue weighted by Gasteiger charge is 2.24. The zero-order valence-corrected chi connectivity index (χ0v) is 18.2. The second kappa shape index (κ2) is 8.70. The molecule has 0 unspecified atom stereocenters. The Morgan fingerprint density at radius 2 is 1.74 bits per heavy atom.